The van der Waals surface area contributed by atoms with E-state index in [1.807, 2.05) is 54.9 Å². The zero-order chi connectivity index (χ0) is 20.2. The maximum Gasteiger partial charge on any atom is 0.330 e. The van der Waals surface area contributed by atoms with Crippen molar-refractivity contribution in [2.24, 2.45) is 14.1 Å². The summed E-state index contributed by atoms with van der Waals surface area (Å²) in [6, 6.07) is 13.6. The third-order valence-corrected chi connectivity index (χ3v) is 5.51. The molecule has 0 aliphatic carbocycles. The summed E-state index contributed by atoms with van der Waals surface area (Å²) in [7, 11) is 3.17. The summed E-state index contributed by atoms with van der Waals surface area (Å²) >= 11 is 6.51. The van der Waals surface area contributed by atoms with Crippen molar-refractivity contribution in [1.29, 1.82) is 0 Å². The minimum atomic E-state index is -0.360. The van der Waals surface area contributed by atoms with Crippen molar-refractivity contribution in [2.45, 2.75) is 13.8 Å². The average molecular weight is 394 g/mol. The van der Waals surface area contributed by atoms with E-state index in [0.29, 0.717) is 21.6 Å². The number of hydrogen-bond donors (Lipinski definition) is 0. The summed E-state index contributed by atoms with van der Waals surface area (Å²) < 4.78 is 4.59. The molecule has 0 aliphatic heterocycles. The van der Waals surface area contributed by atoms with Gasteiger partial charge in [-0.25, -0.2) is 4.79 Å². The Hall–Kier alpha value is -3.05. The predicted octanol–water partition coefficient (Wildman–Crippen LogP) is 3.97. The van der Waals surface area contributed by atoms with Gasteiger partial charge in [0, 0.05) is 36.6 Å². The van der Waals surface area contributed by atoms with Crippen molar-refractivity contribution in [1.82, 2.24) is 13.7 Å². The first-order valence-corrected chi connectivity index (χ1v) is 9.32. The van der Waals surface area contributed by atoms with Crippen LogP contribution >= 0.6 is 11.6 Å². The zero-order valence-corrected chi connectivity index (χ0v) is 16.9. The normalized spacial score (nSPS) is 11.3. The SMILES string of the molecule is Cc1ccc(-n2cc3c(c2-c2ccccc2Cl)c(=O)n(C)c(=O)n3C)c(C)c1. The van der Waals surface area contributed by atoms with Crippen molar-refractivity contribution in [3.05, 3.63) is 85.6 Å². The monoisotopic (exact) mass is 393 g/mol. The fraction of sp³-hybridized carbons (Fsp3) is 0.182. The van der Waals surface area contributed by atoms with Crippen LogP contribution in [0.3, 0.4) is 0 Å². The molecule has 4 aromatic rings. The lowest BCUT2D eigenvalue weighted by Gasteiger charge is -2.14. The standard InChI is InChI=1S/C22H20ClN3O2/c1-13-9-10-17(14(2)11-13)26-12-18-19(21(27)25(4)22(28)24(18)3)20(26)15-7-5-6-8-16(15)23/h5-12H,1-4H3. The number of hydrogen-bond acceptors (Lipinski definition) is 2. The molecule has 0 saturated heterocycles. The van der Waals surface area contributed by atoms with E-state index in [1.165, 1.54) is 11.6 Å². The van der Waals surface area contributed by atoms with E-state index in [0.717, 1.165) is 26.9 Å². The van der Waals surface area contributed by atoms with Crippen molar-refractivity contribution < 1.29 is 0 Å². The van der Waals surface area contributed by atoms with Crippen LogP contribution in [0.15, 0.2) is 58.3 Å². The predicted molar refractivity (Wildman–Crippen MR) is 114 cm³/mol. The third kappa shape index (κ3) is 2.62. The molecule has 0 atom stereocenters. The van der Waals surface area contributed by atoms with Gasteiger partial charge in [0.2, 0.25) is 0 Å². The molecule has 0 unspecified atom stereocenters. The molecule has 6 heteroatoms. The van der Waals surface area contributed by atoms with Crippen molar-refractivity contribution in [2.75, 3.05) is 0 Å². The zero-order valence-electron chi connectivity index (χ0n) is 16.2. The van der Waals surface area contributed by atoms with Crippen molar-refractivity contribution in [3.63, 3.8) is 0 Å². The lowest BCUT2D eigenvalue weighted by molar-refractivity contribution is 0.714. The van der Waals surface area contributed by atoms with E-state index >= 15 is 0 Å². The Balaban J connectivity index is 2.26. The summed E-state index contributed by atoms with van der Waals surface area (Å²) in [6.45, 7) is 4.07. The molecule has 0 radical (unpaired) electrons. The number of aryl methyl sites for hydroxylation is 3. The van der Waals surface area contributed by atoms with Crippen LogP contribution in [0.5, 0.6) is 0 Å². The summed E-state index contributed by atoms with van der Waals surface area (Å²) in [4.78, 5) is 25.5. The Labute approximate surface area is 167 Å². The number of aromatic nitrogens is 3. The van der Waals surface area contributed by atoms with Crippen LogP contribution in [0.2, 0.25) is 5.02 Å². The molecule has 2 aromatic heterocycles. The van der Waals surface area contributed by atoms with E-state index in [1.54, 1.807) is 13.1 Å². The van der Waals surface area contributed by atoms with Gasteiger partial charge >= 0.3 is 5.69 Å². The first-order chi connectivity index (χ1) is 13.3. The molecular formula is C22H20ClN3O2. The first-order valence-electron chi connectivity index (χ1n) is 8.95. The highest BCUT2D eigenvalue weighted by Gasteiger charge is 2.22. The highest BCUT2D eigenvalue weighted by atomic mass is 35.5. The number of nitrogens with zero attached hydrogens (tertiary/aromatic N) is 3. The minimum Gasteiger partial charge on any atom is -0.313 e. The van der Waals surface area contributed by atoms with Gasteiger partial charge in [-0.3, -0.25) is 13.9 Å². The Morgan fingerprint density at radius 2 is 1.64 bits per heavy atom. The molecule has 0 fully saturated rings. The van der Waals surface area contributed by atoms with Gasteiger partial charge in [0.15, 0.2) is 0 Å². The Kier molecular flexibility index (Phi) is 4.27. The first kappa shape index (κ1) is 18.3. The van der Waals surface area contributed by atoms with Crippen LogP contribution in [0.4, 0.5) is 0 Å². The number of benzene rings is 2. The third-order valence-electron chi connectivity index (χ3n) is 5.18. The van der Waals surface area contributed by atoms with Gasteiger partial charge in [0.25, 0.3) is 5.56 Å². The van der Waals surface area contributed by atoms with Crippen LogP contribution < -0.4 is 11.2 Å². The topological polar surface area (TPSA) is 48.9 Å². The maximum absolute atomic E-state index is 13.1. The minimum absolute atomic E-state index is 0.337. The Morgan fingerprint density at radius 3 is 2.32 bits per heavy atom. The fourth-order valence-corrected chi connectivity index (χ4v) is 3.95. The van der Waals surface area contributed by atoms with E-state index in [4.69, 9.17) is 11.6 Å². The van der Waals surface area contributed by atoms with Crippen LogP contribution in [0, 0.1) is 13.8 Å². The molecule has 5 nitrogen and oxygen atoms in total. The molecular weight excluding hydrogens is 374 g/mol. The van der Waals surface area contributed by atoms with Gasteiger partial charge in [0.1, 0.15) is 0 Å². The summed E-state index contributed by atoms with van der Waals surface area (Å²) in [5, 5.41) is 1.02. The van der Waals surface area contributed by atoms with Gasteiger partial charge in [-0.1, -0.05) is 47.5 Å². The molecule has 28 heavy (non-hydrogen) atoms. The fourth-order valence-electron chi connectivity index (χ4n) is 3.72. The lowest BCUT2D eigenvalue weighted by atomic mass is 10.1. The highest BCUT2D eigenvalue weighted by Crippen LogP contribution is 2.35. The summed E-state index contributed by atoms with van der Waals surface area (Å²) in [5.74, 6) is 0. The second-order valence-corrected chi connectivity index (χ2v) is 7.49. The van der Waals surface area contributed by atoms with Crippen LogP contribution in [0.25, 0.3) is 27.8 Å². The van der Waals surface area contributed by atoms with Gasteiger partial charge in [-0.2, -0.15) is 0 Å². The van der Waals surface area contributed by atoms with Crippen LogP contribution in [0.1, 0.15) is 11.1 Å². The Morgan fingerprint density at radius 1 is 0.929 bits per heavy atom. The van der Waals surface area contributed by atoms with Gasteiger partial charge < -0.3 is 4.57 Å². The molecule has 0 N–H and O–H groups in total. The highest BCUT2D eigenvalue weighted by molar-refractivity contribution is 6.33. The van der Waals surface area contributed by atoms with E-state index in [2.05, 4.69) is 6.07 Å². The molecule has 0 spiro atoms. The van der Waals surface area contributed by atoms with Crippen molar-refractivity contribution >= 4 is 22.5 Å². The van der Waals surface area contributed by atoms with Gasteiger partial charge in [-0.15, -0.1) is 0 Å². The molecule has 2 aromatic carbocycles. The van der Waals surface area contributed by atoms with E-state index < -0.39 is 0 Å². The van der Waals surface area contributed by atoms with Crippen LogP contribution in [-0.4, -0.2) is 13.7 Å². The smallest absolute Gasteiger partial charge is 0.313 e. The second-order valence-electron chi connectivity index (χ2n) is 7.08. The maximum atomic E-state index is 13.1. The van der Waals surface area contributed by atoms with Crippen molar-refractivity contribution in [3.8, 4) is 16.9 Å². The Bertz CT molecular complexity index is 1360. The molecule has 142 valence electrons. The largest absolute Gasteiger partial charge is 0.330 e. The van der Waals surface area contributed by atoms with Gasteiger partial charge in [-0.05, 0) is 31.5 Å². The molecule has 0 aliphatic rings. The molecule has 4 rings (SSSR count). The summed E-state index contributed by atoms with van der Waals surface area (Å²) in [5.41, 5.74) is 4.46. The molecule has 0 saturated carbocycles. The number of rotatable bonds is 2. The average Bonchev–Trinajstić information content (AvgIpc) is 3.05. The van der Waals surface area contributed by atoms with Gasteiger partial charge in [0.05, 0.1) is 16.6 Å². The lowest BCUT2D eigenvalue weighted by Crippen LogP contribution is -2.36. The number of fused-ring (bicyclic) bond motifs is 1. The van der Waals surface area contributed by atoms with E-state index in [-0.39, 0.29) is 11.2 Å². The number of halogens is 1. The van der Waals surface area contributed by atoms with E-state index in [9.17, 15) is 9.59 Å². The van der Waals surface area contributed by atoms with Crippen LogP contribution in [-0.2, 0) is 14.1 Å². The molecule has 2 heterocycles. The summed E-state index contributed by atoms with van der Waals surface area (Å²) in [6.07, 6.45) is 1.84. The second kappa shape index (κ2) is 6.53. The molecule has 0 bridgehead atoms. The molecule has 0 amide bonds. The quantitative estimate of drug-likeness (QED) is 0.517.